The van der Waals surface area contributed by atoms with Crippen molar-refractivity contribution in [3.8, 4) is 45.3 Å². The molecule has 4 nitrogen and oxygen atoms in total. The van der Waals surface area contributed by atoms with E-state index in [0.717, 1.165) is 39.4 Å². The Labute approximate surface area is 332 Å². The number of hydrogen-bond acceptors (Lipinski definition) is 3. The van der Waals surface area contributed by atoms with Gasteiger partial charge in [0.2, 0.25) is 0 Å². The number of rotatable bonds is 5. The van der Waals surface area contributed by atoms with Crippen molar-refractivity contribution in [3.05, 3.63) is 194 Å². The van der Waals surface area contributed by atoms with Gasteiger partial charge in [-0.2, -0.15) is 0 Å². The van der Waals surface area contributed by atoms with Crippen molar-refractivity contribution in [2.75, 3.05) is 0 Å². The van der Waals surface area contributed by atoms with E-state index in [9.17, 15) is 0 Å². The second-order valence-corrected chi connectivity index (χ2v) is 15.6. The minimum absolute atomic E-state index is 0.695. The molecule has 12 rings (SSSR count). The summed E-state index contributed by atoms with van der Waals surface area (Å²) < 4.78 is 7.41. The van der Waals surface area contributed by atoms with Crippen LogP contribution in [0.2, 0.25) is 0 Å². The van der Waals surface area contributed by atoms with Crippen LogP contribution in [0, 0.1) is 0 Å². The van der Waals surface area contributed by atoms with E-state index in [-0.39, 0.29) is 0 Å². The minimum atomic E-state index is 0.695. The lowest BCUT2D eigenvalue weighted by Gasteiger charge is -2.13. The van der Waals surface area contributed by atoms with Gasteiger partial charge in [-0.1, -0.05) is 146 Å². The topological polar surface area (TPSA) is 35.6 Å². The third-order valence-electron chi connectivity index (χ3n) is 11.3. The molecule has 4 heterocycles. The van der Waals surface area contributed by atoms with E-state index in [1.54, 1.807) is 0 Å². The Morgan fingerprint density at radius 2 is 0.930 bits per heavy atom. The van der Waals surface area contributed by atoms with Crippen molar-refractivity contribution >= 4 is 75.1 Å². The van der Waals surface area contributed by atoms with E-state index >= 15 is 0 Å². The van der Waals surface area contributed by atoms with Crippen molar-refractivity contribution in [3.63, 3.8) is 0 Å². The summed E-state index contributed by atoms with van der Waals surface area (Å²) in [5, 5.41) is 7.42. The average Bonchev–Trinajstić information content (AvgIpc) is 3.94. The van der Waals surface area contributed by atoms with Crippen LogP contribution in [0.15, 0.2) is 194 Å². The van der Waals surface area contributed by atoms with Gasteiger partial charge in [0.1, 0.15) is 5.82 Å². The largest absolute Gasteiger partial charge is 0.309 e. The van der Waals surface area contributed by atoms with E-state index in [2.05, 4.69) is 179 Å². The van der Waals surface area contributed by atoms with E-state index in [0.29, 0.717) is 5.82 Å². The molecular formula is C52H32N4S. The van der Waals surface area contributed by atoms with Crippen molar-refractivity contribution in [2.24, 2.45) is 0 Å². The van der Waals surface area contributed by atoms with Crippen LogP contribution in [0.3, 0.4) is 0 Å². The third kappa shape index (κ3) is 4.93. The molecule has 0 atom stereocenters. The lowest BCUT2D eigenvalue weighted by Crippen LogP contribution is -2.02. The predicted molar refractivity (Wildman–Crippen MR) is 240 cm³/mol. The van der Waals surface area contributed by atoms with Crippen LogP contribution in [-0.4, -0.2) is 19.1 Å². The lowest BCUT2D eigenvalue weighted by molar-refractivity contribution is 1.05. The van der Waals surface area contributed by atoms with E-state index in [1.165, 1.54) is 63.9 Å². The minimum Gasteiger partial charge on any atom is -0.309 e. The van der Waals surface area contributed by atoms with E-state index < -0.39 is 0 Å². The summed E-state index contributed by atoms with van der Waals surface area (Å²) in [7, 11) is 0. The van der Waals surface area contributed by atoms with Gasteiger partial charge in [-0.15, -0.1) is 11.3 Å². The van der Waals surface area contributed by atoms with Gasteiger partial charge < -0.3 is 4.57 Å². The molecule has 0 amide bonds. The summed E-state index contributed by atoms with van der Waals surface area (Å²) in [6.07, 6.45) is 0. The molecule has 0 aliphatic rings. The first kappa shape index (κ1) is 32.0. The Morgan fingerprint density at radius 1 is 0.386 bits per heavy atom. The number of para-hydroxylation sites is 2. The third-order valence-corrected chi connectivity index (χ3v) is 12.5. The van der Waals surface area contributed by atoms with Gasteiger partial charge in [-0.25, -0.2) is 9.97 Å². The molecule has 0 N–H and O–H groups in total. The Bertz CT molecular complexity index is 3450. The summed E-state index contributed by atoms with van der Waals surface area (Å²) in [6.45, 7) is 0. The molecule has 0 unspecified atom stereocenters. The van der Waals surface area contributed by atoms with Crippen LogP contribution >= 0.6 is 11.3 Å². The Hall–Kier alpha value is -7.34. The normalized spacial score (nSPS) is 11.9. The quantitative estimate of drug-likeness (QED) is 0.176. The van der Waals surface area contributed by atoms with Crippen molar-refractivity contribution < 1.29 is 0 Å². The Kier molecular flexibility index (Phi) is 7.06. The molecule has 0 saturated carbocycles. The molecule has 4 aromatic heterocycles. The molecule has 266 valence electrons. The first-order chi connectivity index (χ1) is 28.3. The summed E-state index contributed by atoms with van der Waals surface area (Å²) >= 11 is 1.88. The fraction of sp³-hybridized carbons (Fsp3) is 0. The zero-order chi connectivity index (χ0) is 37.5. The maximum Gasteiger partial charge on any atom is 0.162 e. The smallest absolute Gasteiger partial charge is 0.162 e. The molecule has 0 fully saturated rings. The number of aromatic nitrogens is 4. The summed E-state index contributed by atoms with van der Waals surface area (Å²) in [4.78, 5) is 10.4. The number of thiophene rings is 1. The molecule has 0 saturated heterocycles. The zero-order valence-electron chi connectivity index (χ0n) is 30.7. The van der Waals surface area contributed by atoms with Gasteiger partial charge >= 0.3 is 0 Å². The van der Waals surface area contributed by atoms with Crippen molar-refractivity contribution in [2.45, 2.75) is 0 Å². The monoisotopic (exact) mass is 744 g/mol. The molecular weight excluding hydrogens is 713 g/mol. The molecule has 0 bridgehead atoms. The number of nitrogens with zero attached hydrogens (tertiary/aromatic N) is 4. The van der Waals surface area contributed by atoms with Crippen LogP contribution in [-0.2, 0) is 0 Å². The number of benzene rings is 8. The van der Waals surface area contributed by atoms with Gasteiger partial charge in [0, 0.05) is 70.2 Å². The molecule has 8 aromatic carbocycles. The molecule has 57 heavy (non-hydrogen) atoms. The van der Waals surface area contributed by atoms with E-state index in [4.69, 9.17) is 9.97 Å². The van der Waals surface area contributed by atoms with Gasteiger partial charge in [0.25, 0.3) is 0 Å². The second kappa shape index (κ2) is 12.6. The van der Waals surface area contributed by atoms with Gasteiger partial charge in [0.05, 0.1) is 27.8 Å². The van der Waals surface area contributed by atoms with Crippen LogP contribution in [0.5, 0.6) is 0 Å². The maximum absolute atomic E-state index is 5.30. The molecule has 0 radical (unpaired) electrons. The fourth-order valence-corrected chi connectivity index (χ4v) is 10.1. The summed E-state index contributed by atoms with van der Waals surface area (Å²) in [6, 6.07) is 69.4. The van der Waals surface area contributed by atoms with Crippen LogP contribution in [0.4, 0.5) is 0 Å². The number of hydrogen-bond donors (Lipinski definition) is 0. The highest BCUT2D eigenvalue weighted by atomic mass is 32.1. The molecule has 0 aliphatic heterocycles. The molecule has 0 spiro atoms. The molecule has 12 aromatic rings. The lowest BCUT2D eigenvalue weighted by atomic mass is 10.0. The van der Waals surface area contributed by atoms with Crippen molar-refractivity contribution in [1.82, 2.24) is 19.1 Å². The van der Waals surface area contributed by atoms with Crippen LogP contribution in [0.1, 0.15) is 0 Å². The van der Waals surface area contributed by atoms with Gasteiger partial charge in [-0.05, 0) is 48.0 Å². The summed E-state index contributed by atoms with van der Waals surface area (Å²) in [5.74, 6) is 1.53. The standard InChI is InChI=1S/C52H32N4S/c1-4-16-33(17-5-1)40-30-36(31-41-37-22-12-15-27-47(37)57-51(40)41)55-43-25-13-10-23-38(43)49-45(55)28-29-46-50(49)39-24-11-14-26-44(39)56(46)48-32-42(34-18-6-2-7-19-34)53-52(54-48)35-20-8-3-9-21-35/h1-32H. The maximum atomic E-state index is 5.30. The van der Waals surface area contributed by atoms with Crippen LogP contribution < -0.4 is 0 Å². The first-order valence-corrected chi connectivity index (χ1v) is 20.1. The highest BCUT2D eigenvalue weighted by Gasteiger charge is 2.23. The Balaban J connectivity index is 1.18. The van der Waals surface area contributed by atoms with E-state index in [1.807, 2.05) is 35.6 Å². The van der Waals surface area contributed by atoms with Gasteiger partial charge in [-0.3, -0.25) is 4.57 Å². The SMILES string of the molecule is c1ccc(-c2cc(-n3c4ccccc4c4c5c6ccccc6n(-c6cc(-c7ccccc7)c7sc8ccccc8c7c6)c5ccc43)nc(-c3ccccc3)n2)cc1. The molecule has 5 heteroatoms. The van der Waals surface area contributed by atoms with Crippen molar-refractivity contribution in [1.29, 1.82) is 0 Å². The fourth-order valence-electron chi connectivity index (χ4n) is 8.84. The first-order valence-electron chi connectivity index (χ1n) is 19.3. The van der Waals surface area contributed by atoms with Gasteiger partial charge in [0.15, 0.2) is 5.82 Å². The molecule has 0 aliphatic carbocycles. The predicted octanol–water partition coefficient (Wildman–Crippen LogP) is 14.0. The number of fused-ring (bicyclic) bond motifs is 10. The van der Waals surface area contributed by atoms with Crippen LogP contribution in [0.25, 0.3) is 109 Å². The average molecular weight is 745 g/mol. The zero-order valence-corrected chi connectivity index (χ0v) is 31.5. The Morgan fingerprint density at radius 3 is 1.61 bits per heavy atom. The highest BCUT2D eigenvalue weighted by molar-refractivity contribution is 7.26. The summed E-state index contributed by atoms with van der Waals surface area (Å²) in [5.41, 5.74) is 11.1. The second-order valence-electron chi connectivity index (χ2n) is 14.6. The highest BCUT2D eigenvalue weighted by Crippen LogP contribution is 2.45.